The number of piperazine rings is 1. The van der Waals surface area contributed by atoms with Gasteiger partial charge in [0, 0.05) is 31.2 Å². The summed E-state index contributed by atoms with van der Waals surface area (Å²) in [5, 5.41) is 3.45. The van der Waals surface area contributed by atoms with Crippen LogP contribution in [0, 0.1) is 16.7 Å². The van der Waals surface area contributed by atoms with Crippen LogP contribution < -0.4 is 5.32 Å². The summed E-state index contributed by atoms with van der Waals surface area (Å²) in [6, 6.07) is 1.49. The molecular weight excluding hydrogens is 286 g/mol. The molecule has 0 spiro atoms. The number of hydrogen-bond acceptors (Lipinski definition) is 2. The molecule has 1 N–H and O–H groups in total. The van der Waals surface area contributed by atoms with Gasteiger partial charge in [0.05, 0.1) is 0 Å². The van der Waals surface area contributed by atoms with Crippen molar-refractivity contribution in [2.75, 3.05) is 19.6 Å². The van der Waals surface area contributed by atoms with E-state index in [4.69, 9.17) is 0 Å². The number of nitrogens with zero attached hydrogens (tertiary/aromatic N) is 2. The zero-order chi connectivity index (χ0) is 16.4. The third kappa shape index (κ3) is 2.16. The van der Waals surface area contributed by atoms with Crippen LogP contribution in [0.2, 0.25) is 0 Å². The van der Waals surface area contributed by atoms with Crippen molar-refractivity contribution in [2.45, 2.75) is 77.9 Å². The monoisotopic (exact) mass is 319 g/mol. The summed E-state index contributed by atoms with van der Waals surface area (Å²) in [7, 11) is 0. The summed E-state index contributed by atoms with van der Waals surface area (Å²) >= 11 is 0. The Morgan fingerprint density at radius 2 is 1.96 bits per heavy atom. The third-order valence-corrected chi connectivity index (χ3v) is 8.29. The molecule has 4 fully saturated rings. The standard InChI is InChI=1S/C19H33N3O/c1-13-11-21-9-5-6-15(21)12-22(13)17(23)20-16-10-14-7-8-19(16,4)18(14,2)3/h13-16H,5-12H2,1-4H3,(H,20,23)/t13-,14-,15+,16-,19-/m1/s1. The fourth-order valence-corrected chi connectivity index (χ4v) is 6.12. The molecule has 2 heterocycles. The summed E-state index contributed by atoms with van der Waals surface area (Å²) < 4.78 is 0. The molecule has 4 rings (SSSR count). The molecule has 130 valence electrons. The van der Waals surface area contributed by atoms with Crippen LogP contribution in [0.4, 0.5) is 4.79 Å². The first-order chi connectivity index (χ1) is 10.8. The average molecular weight is 319 g/mol. The number of carbonyl (C=O) groups is 1. The second-order valence-corrected chi connectivity index (χ2v) is 9.40. The van der Waals surface area contributed by atoms with E-state index in [0.717, 1.165) is 19.0 Å². The summed E-state index contributed by atoms with van der Waals surface area (Å²) in [4.78, 5) is 17.7. The van der Waals surface area contributed by atoms with Crippen molar-refractivity contribution < 1.29 is 4.79 Å². The first kappa shape index (κ1) is 15.7. The van der Waals surface area contributed by atoms with E-state index in [1.807, 2.05) is 0 Å². The van der Waals surface area contributed by atoms with Gasteiger partial charge in [0.1, 0.15) is 0 Å². The molecule has 2 bridgehead atoms. The maximum atomic E-state index is 13.0. The van der Waals surface area contributed by atoms with Gasteiger partial charge in [0.25, 0.3) is 0 Å². The minimum Gasteiger partial charge on any atom is -0.335 e. The summed E-state index contributed by atoms with van der Waals surface area (Å²) in [5.74, 6) is 0.780. The molecular formula is C19H33N3O. The molecule has 2 saturated heterocycles. The lowest BCUT2D eigenvalue weighted by atomic mass is 9.69. The Bertz CT molecular complexity index is 505. The Morgan fingerprint density at radius 3 is 2.61 bits per heavy atom. The minimum absolute atomic E-state index is 0.193. The van der Waals surface area contributed by atoms with E-state index in [9.17, 15) is 4.79 Å². The highest BCUT2D eigenvalue weighted by Crippen LogP contribution is 2.65. The summed E-state index contributed by atoms with van der Waals surface area (Å²) in [6.07, 6.45) is 6.33. The van der Waals surface area contributed by atoms with Crippen molar-refractivity contribution >= 4 is 6.03 Å². The van der Waals surface area contributed by atoms with Crippen molar-refractivity contribution in [1.82, 2.24) is 15.1 Å². The van der Waals surface area contributed by atoms with Crippen molar-refractivity contribution in [1.29, 1.82) is 0 Å². The Morgan fingerprint density at radius 1 is 1.17 bits per heavy atom. The molecule has 4 heteroatoms. The van der Waals surface area contributed by atoms with Crippen molar-refractivity contribution in [2.24, 2.45) is 16.7 Å². The Kier molecular flexibility index (Phi) is 3.50. The molecule has 0 aromatic rings. The quantitative estimate of drug-likeness (QED) is 0.806. The lowest BCUT2D eigenvalue weighted by molar-refractivity contribution is 0.0712. The number of amides is 2. The third-order valence-electron chi connectivity index (χ3n) is 8.29. The van der Waals surface area contributed by atoms with Crippen molar-refractivity contribution in [3.63, 3.8) is 0 Å². The van der Waals surface area contributed by atoms with Crippen LogP contribution in [-0.4, -0.2) is 53.6 Å². The number of fused-ring (bicyclic) bond motifs is 3. The molecule has 0 unspecified atom stereocenters. The Labute approximate surface area is 141 Å². The van der Waals surface area contributed by atoms with Crippen LogP contribution in [-0.2, 0) is 0 Å². The first-order valence-electron chi connectivity index (χ1n) is 9.64. The van der Waals surface area contributed by atoms with Crippen LogP contribution >= 0.6 is 0 Å². The highest BCUT2D eigenvalue weighted by molar-refractivity contribution is 5.75. The van der Waals surface area contributed by atoms with E-state index < -0.39 is 0 Å². The normalized spacial score (nSPS) is 45.3. The smallest absolute Gasteiger partial charge is 0.317 e. The van der Waals surface area contributed by atoms with Crippen LogP contribution in [0.5, 0.6) is 0 Å². The second-order valence-electron chi connectivity index (χ2n) is 9.40. The van der Waals surface area contributed by atoms with Gasteiger partial charge in [-0.15, -0.1) is 0 Å². The van der Waals surface area contributed by atoms with Crippen LogP contribution in [0.25, 0.3) is 0 Å². The van der Waals surface area contributed by atoms with Gasteiger partial charge in [0.2, 0.25) is 0 Å². The number of hydrogen-bond donors (Lipinski definition) is 1. The fourth-order valence-electron chi connectivity index (χ4n) is 6.12. The van der Waals surface area contributed by atoms with Gasteiger partial charge in [-0.3, -0.25) is 4.90 Å². The van der Waals surface area contributed by atoms with Gasteiger partial charge in [-0.1, -0.05) is 20.8 Å². The van der Waals surface area contributed by atoms with Crippen LogP contribution in [0.3, 0.4) is 0 Å². The second kappa shape index (κ2) is 5.11. The van der Waals surface area contributed by atoms with Crippen LogP contribution in [0.15, 0.2) is 0 Å². The maximum Gasteiger partial charge on any atom is 0.317 e. The molecule has 0 aromatic carbocycles. The van der Waals surface area contributed by atoms with Gasteiger partial charge >= 0.3 is 6.03 Å². The van der Waals surface area contributed by atoms with E-state index in [2.05, 4.69) is 42.8 Å². The van der Waals surface area contributed by atoms with Crippen LogP contribution in [0.1, 0.15) is 59.8 Å². The predicted octanol–water partition coefficient (Wildman–Crippen LogP) is 3.08. The van der Waals surface area contributed by atoms with Gasteiger partial charge < -0.3 is 10.2 Å². The van der Waals surface area contributed by atoms with E-state index in [0.29, 0.717) is 23.5 Å². The number of carbonyl (C=O) groups excluding carboxylic acids is 1. The topological polar surface area (TPSA) is 35.6 Å². The lowest BCUT2D eigenvalue weighted by Crippen LogP contribution is -2.61. The van der Waals surface area contributed by atoms with E-state index in [-0.39, 0.29) is 11.4 Å². The molecule has 0 radical (unpaired) electrons. The molecule has 23 heavy (non-hydrogen) atoms. The van der Waals surface area contributed by atoms with E-state index in [1.165, 1.54) is 38.6 Å². The SMILES string of the molecule is C[C@@H]1CN2CCC[C@H]2CN1C(=O)N[C@@H]1C[C@H]2CC[C@@]1(C)C2(C)C. The Balaban J connectivity index is 1.44. The highest BCUT2D eigenvalue weighted by Gasteiger charge is 2.61. The largest absolute Gasteiger partial charge is 0.335 e. The Hall–Kier alpha value is -0.770. The highest BCUT2D eigenvalue weighted by atomic mass is 16.2. The van der Waals surface area contributed by atoms with Gasteiger partial charge in [-0.05, 0) is 62.3 Å². The molecule has 2 aliphatic carbocycles. The fraction of sp³-hybridized carbons (Fsp3) is 0.947. The van der Waals surface area contributed by atoms with E-state index in [1.54, 1.807) is 0 Å². The number of nitrogens with one attached hydrogen (secondary N) is 1. The molecule has 2 amide bonds. The lowest BCUT2D eigenvalue weighted by Gasteiger charge is -2.44. The zero-order valence-corrected chi connectivity index (χ0v) is 15.3. The minimum atomic E-state index is 0.193. The maximum absolute atomic E-state index is 13.0. The molecule has 0 aromatic heterocycles. The van der Waals surface area contributed by atoms with Crippen molar-refractivity contribution in [3.05, 3.63) is 0 Å². The predicted molar refractivity (Wildman–Crippen MR) is 92.3 cm³/mol. The van der Waals surface area contributed by atoms with Gasteiger partial charge in [-0.25, -0.2) is 4.79 Å². The van der Waals surface area contributed by atoms with Crippen molar-refractivity contribution in [3.8, 4) is 0 Å². The molecule has 5 atom stereocenters. The summed E-state index contributed by atoms with van der Waals surface area (Å²) in [5.41, 5.74) is 0.631. The number of rotatable bonds is 1. The van der Waals surface area contributed by atoms with Gasteiger partial charge in [-0.2, -0.15) is 0 Å². The average Bonchev–Trinajstić information content (AvgIpc) is 3.08. The molecule has 2 saturated carbocycles. The molecule has 2 aliphatic heterocycles. The van der Waals surface area contributed by atoms with Gasteiger partial charge in [0.15, 0.2) is 0 Å². The molecule has 4 aliphatic rings. The zero-order valence-electron chi connectivity index (χ0n) is 15.3. The van der Waals surface area contributed by atoms with E-state index >= 15 is 0 Å². The number of urea groups is 1. The summed E-state index contributed by atoms with van der Waals surface area (Å²) in [6.45, 7) is 12.6. The molecule has 4 nitrogen and oxygen atoms in total. The first-order valence-corrected chi connectivity index (χ1v) is 9.64.